The molecule has 2 aromatic rings. The number of hydrogen-bond donors (Lipinski definition) is 2. The Bertz CT molecular complexity index is 2080. The quantitative estimate of drug-likeness (QED) is 0.0670. The topological polar surface area (TPSA) is 219 Å². The van der Waals surface area contributed by atoms with E-state index in [0.29, 0.717) is 83.2 Å². The van der Waals surface area contributed by atoms with Gasteiger partial charge in [0.2, 0.25) is 23.6 Å². The molecule has 3 aliphatic heterocycles. The number of imide groups is 1. The summed E-state index contributed by atoms with van der Waals surface area (Å²) in [6, 6.07) is 7.64. The molecule has 2 fully saturated rings. The van der Waals surface area contributed by atoms with Crippen LogP contribution in [-0.4, -0.2) is 196 Å². The number of ether oxygens (including phenoxy) is 2. The van der Waals surface area contributed by atoms with E-state index >= 15 is 0 Å². The van der Waals surface area contributed by atoms with Crippen LogP contribution in [0.3, 0.4) is 0 Å². The minimum absolute atomic E-state index is 0.0213. The van der Waals surface area contributed by atoms with Gasteiger partial charge in [0.1, 0.15) is 6.04 Å². The molecule has 3 aliphatic rings. The van der Waals surface area contributed by atoms with E-state index in [9.17, 15) is 28.8 Å². The molecule has 7 unspecified atom stereocenters. The number of guanidine groups is 1. The molecular formula is C50H78N12O8. The number of nitrogens with zero attached hydrogens (tertiary/aromatic N) is 10. The molecule has 6 amide bonds. The maximum absolute atomic E-state index is 14.8. The second-order valence-corrected chi connectivity index (χ2v) is 19.5. The molecule has 0 radical (unpaired) electrons. The fraction of sp³-hybridized carbons (Fsp3) is 0.680. The highest BCUT2D eigenvalue weighted by atomic mass is 16.5. The molecule has 0 saturated carbocycles. The van der Waals surface area contributed by atoms with Crippen LogP contribution >= 0.6 is 0 Å². The summed E-state index contributed by atoms with van der Waals surface area (Å²) in [4.78, 5) is 95.9. The number of aliphatic imine (C=N–C) groups is 1. The zero-order valence-corrected chi connectivity index (χ0v) is 43.1. The van der Waals surface area contributed by atoms with Gasteiger partial charge in [0, 0.05) is 99.6 Å². The fourth-order valence-corrected chi connectivity index (χ4v) is 9.97. The Morgan fingerprint density at radius 2 is 1.56 bits per heavy atom. The van der Waals surface area contributed by atoms with Crippen molar-refractivity contribution in [3.05, 3.63) is 53.9 Å². The lowest BCUT2D eigenvalue weighted by Gasteiger charge is -2.41. The Hall–Kier alpha value is -5.76. The van der Waals surface area contributed by atoms with Crippen LogP contribution in [0.4, 0.5) is 0 Å². The van der Waals surface area contributed by atoms with E-state index in [2.05, 4.69) is 44.7 Å². The van der Waals surface area contributed by atoms with E-state index in [1.165, 1.54) is 17.1 Å². The first-order valence-electron chi connectivity index (χ1n) is 25.0. The normalized spacial score (nSPS) is 19.5. The van der Waals surface area contributed by atoms with Crippen LogP contribution < -0.4 is 5.32 Å². The molecule has 5 rings (SSSR count). The second kappa shape index (κ2) is 26.4. The van der Waals surface area contributed by atoms with Crippen molar-refractivity contribution in [2.75, 3.05) is 74.6 Å². The second-order valence-electron chi connectivity index (χ2n) is 19.5. The highest BCUT2D eigenvalue weighted by Gasteiger charge is 2.43. The van der Waals surface area contributed by atoms with Crippen molar-refractivity contribution in [3.8, 4) is 0 Å². The molecule has 2 saturated heterocycles. The summed E-state index contributed by atoms with van der Waals surface area (Å²) in [5.41, 5.74) is 0.997. The molecule has 70 heavy (non-hydrogen) atoms. The van der Waals surface area contributed by atoms with Gasteiger partial charge < -0.3 is 39.3 Å². The van der Waals surface area contributed by atoms with Crippen LogP contribution in [0.15, 0.2) is 47.5 Å². The number of likely N-dealkylation sites (tertiary alicyclic amines) is 1. The molecule has 1 aromatic heterocycles. The fourth-order valence-electron chi connectivity index (χ4n) is 9.97. The van der Waals surface area contributed by atoms with Gasteiger partial charge in [-0.3, -0.25) is 33.7 Å². The molecule has 0 spiro atoms. The van der Waals surface area contributed by atoms with E-state index in [1.54, 1.807) is 26.2 Å². The third-order valence-electron chi connectivity index (χ3n) is 14.2. The summed E-state index contributed by atoms with van der Waals surface area (Å²) in [5.74, 6) is -0.896. The molecule has 2 N–H and O–H groups in total. The summed E-state index contributed by atoms with van der Waals surface area (Å²) in [5, 5.41) is 17.6. The number of rotatable bonds is 24. The minimum atomic E-state index is -0.742. The third kappa shape index (κ3) is 14.2. The van der Waals surface area contributed by atoms with Crippen LogP contribution in [0, 0.1) is 17.8 Å². The van der Waals surface area contributed by atoms with Gasteiger partial charge in [-0.25, -0.2) is 4.99 Å². The van der Waals surface area contributed by atoms with E-state index in [0.717, 1.165) is 24.8 Å². The van der Waals surface area contributed by atoms with Crippen molar-refractivity contribution in [1.29, 1.82) is 0 Å². The molecule has 0 bridgehead atoms. The number of aromatic amines is 1. The Morgan fingerprint density at radius 1 is 0.886 bits per heavy atom. The van der Waals surface area contributed by atoms with Crippen molar-refractivity contribution in [3.63, 3.8) is 0 Å². The van der Waals surface area contributed by atoms with Crippen molar-refractivity contribution in [1.82, 2.24) is 55.3 Å². The molecule has 8 atom stereocenters. The summed E-state index contributed by atoms with van der Waals surface area (Å²) < 4.78 is 12.2. The lowest BCUT2D eigenvalue weighted by Crippen LogP contribution is -2.56. The van der Waals surface area contributed by atoms with Gasteiger partial charge in [0.25, 0.3) is 11.8 Å². The Kier molecular flexibility index (Phi) is 20.8. The highest BCUT2D eigenvalue weighted by Crippen LogP contribution is 2.30. The van der Waals surface area contributed by atoms with Gasteiger partial charge in [-0.15, -0.1) is 10.2 Å². The number of unbranched alkanes of at least 4 members (excludes halogenated alkanes) is 2. The van der Waals surface area contributed by atoms with Gasteiger partial charge in [-0.05, 0) is 43.1 Å². The first-order valence-corrected chi connectivity index (χ1v) is 25.0. The molecule has 1 aromatic carbocycles. The van der Waals surface area contributed by atoms with Crippen molar-refractivity contribution >= 4 is 41.4 Å². The molecule has 20 heteroatoms. The van der Waals surface area contributed by atoms with Crippen molar-refractivity contribution in [2.24, 2.45) is 22.7 Å². The number of nitrogens with one attached hydrogen (secondary N) is 2. The van der Waals surface area contributed by atoms with Gasteiger partial charge in [0.15, 0.2) is 11.8 Å². The van der Waals surface area contributed by atoms with Gasteiger partial charge in [-0.1, -0.05) is 83.0 Å². The molecular weight excluding hydrogens is 897 g/mol. The Balaban J connectivity index is 1.22. The van der Waals surface area contributed by atoms with Crippen LogP contribution in [0.5, 0.6) is 0 Å². The van der Waals surface area contributed by atoms with Crippen LogP contribution in [-0.2, 0) is 44.7 Å². The Morgan fingerprint density at radius 3 is 2.14 bits per heavy atom. The van der Waals surface area contributed by atoms with Crippen molar-refractivity contribution < 1.29 is 38.2 Å². The lowest BCUT2D eigenvalue weighted by atomic mass is 9.89. The number of tetrazole rings is 1. The average molecular weight is 975 g/mol. The maximum atomic E-state index is 14.8. The number of benzene rings is 1. The van der Waals surface area contributed by atoms with Crippen LogP contribution in [0.2, 0.25) is 0 Å². The molecule has 4 heterocycles. The number of methoxy groups -OCH3 is 2. The SMILES string of the molecule is CCC(C)C(C(CC(=O)N1CCC[C@H]1C(OC)C(C)C(=O)NC(Cc1ccccc1)c1nn[nH]n1)OC)N(C)C(=O)C(N=C(N(C)C)N1CCN(C(=O)CCCCCN2C(=O)C=CC2=O)CC1)C(C)C. The maximum Gasteiger partial charge on any atom is 0.253 e. The van der Waals surface area contributed by atoms with E-state index < -0.39 is 36.3 Å². The van der Waals surface area contributed by atoms with E-state index in [-0.39, 0.29) is 59.7 Å². The summed E-state index contributed by atoms with van der Waals surface area (Å²) >= 11 is 0. The first kappa shape index (κ1) is 55.2. The molecule has 0 aliphatic carbocycles. The third-order valence-corrected chi connectivity index (χ3v) is 14.2. The number of aromatic nitrogens is 4. The van der Waals surface area contributed by atoms with E-state index in [1.807, 2.05) is 79.9 Å². The molecule has 20 nitrogen and oxygen atoms in total. The number of carbonyl (C=O) groups excluding carboxylic acids is 6. The zero-order chi connectivity index (χ0) is 51.1. The average Bonchev–Trinajstić information content (AvgIpc) is 4.14. The van der Waals surface area contributed by atoms with Gasteiger partial charge in [-0.2, -0.15) is 5.21 Å². The minimum Gasteiger partial charge on any atom is -0.379 e. The number of likely N-dealkylation sites (N-methyl/N-ethyl adjacent to an activating group) is 1. The number of hydrogen-bond acceptors (Lipinski definition) is 12. The first-order chi connectivity index (χ1) is 33.5. The Labute approximate surface area is 413 Å². The van der Waals surface area contributed by atoms with Crippen LogP contribution in [0.25, 0.3) is 0 Å². The number of amides is 6. The predicted octanol–water partition coefficient (Wildman–Crippen LogP) is 3.09. The number of H-pyrrole nitrogens is 1. The van der Waals surface area contributed by atoms with Gasteiger partial charge >= 0.3 is 0 Å². The van der Waals surface area contributed by atoms with Gasteiger partial charge in [0.05, 0.1) is 42.7 Å². The van der Waals surface area contributed by atoms with Crippen LogP contribution in [0.1, 0.15) is 103 Å². The summed E-state index contributed by atoms with van der Waals surface area (Å²) in [6.45, 7) is 12.9. The lowest BCUT2D eigenvalue weighted by molar-refractivity contribution is -0.146. The monoisotopic (exact) mass is 975 g/mol. The predicted molar refractivity (Wildman–Crippen MR) is 264 cm³/mol. The molecule has 386 valence electrons. The summed E-state index contributed by atoms with van der Waals surface area (Å²) in [7, 11) is 8.74. The number of piperazine rings is 1. The standard InChI is InChI=1S/C50H78N12O8/c1-11-34(4)45(39(69-9)32-43(66)61-26-18-21-38(61)46(70-10)35(5)48(67)51-37(47-53-55-56-54-47)31-36-19-14-12-15-20-36)58(8)49(68)44(33(2)3)52-50(57(6)7)60-29-27-59(28-30-60)40(63)22-16-13-17-25-62-41(64)23-24-42(62)65/h12,14-15,19-20,23-24,33-35,37-39,44-46H,11,13,16-18,21-22,25-32H2,1-10H3,(H,51,67)(H,53,54,55,56)/t34?,35?,37?,38-,39?,44?,45?,46?/m0/s1. The van der Waals surface area contributed by atoms with E-state index in [4.69, 9.17) is 14.5 Å². The number of carbonyl (C=O) groups is 6. The highest BCUT2D eigenvalue weighted by molar-refractivity contribution is 6.12. The van der Waals surface area contributed by atoms with Crippen molar-refractivity contribution in [2.45, 2.75) is 129 Å². The largest absolute Gasteiger partial charge is 0.379 e. The zero-order valence-electron chi connectivity index (χ0n) is 43.1. The smallest absolute Gasteiger partial charge is 0.253 e. The summed E-state index contributed by atoms with van der Waals surface area (Å²) in [6.07, 6.45) is 6.38.